The van der Waals surface area contributed by atoms with Crippen molar-refractivity contribution in [2.45, 2.75) is 51.9 Å². The maximum Gasteiger partial charge on any atom is 0.264 e. The standard InChI is InChI=1S/C16H27ClO4SSi/c1-16(2,3)23(5,6)21-12-14-11-13(7-8-15(14)17)9-10-20-22(4,18)19/h7-8,11H,9-10,12H2,1-6H3. The average Bonchev–Trinajstić information content (AvgIpc) is 2.36. The van der Waals surface area contributed by atoms with Crippen molar-refractivity contribution < 1.29 is 17.0 Å². The monoisotopic (exact) mass is 378 g/mol. The van der Waals surface area contributed by atoms with E-state index in [4.69, 9.17) is 20.2 Å². The highest BCUT2D eigenvalue weighted by Gasteiger charge is 2.37. The third-order valence-electron chi connectivity index (χ3n) is 4.19. The fraction of sp³-hybridized carbons (Fsp3) is 0.625. The molecule has 0 aromatic heterocycles. The Morgan fingerprint density at radius 2 is 1.83 bits per heavy atom. The van der Waals surface area contributed by atoms with Gasteiger partial charge in [-0.05, 0) is 41.7 Å². The largest absolute Gasteiger partial charge is 0.413 e. The molecule has 0 spiro atoms. The topological polar surface area (TPSA) is 52.6 Å². The Kier molecular flexibility index (Phi) is 6.87. The minimum absolute atomic E-state index is 0.128. The number of halogens is 1. The van der Waals surface area contributed by atoms with Crippen molar-refractivity contribution >= 4 is 30.0 Å². The van der Waals surface area contributed by atoms with Crippen LogP contribution in [-0.2, 0) is 31.8 Å². The van der Waals surface area contributed by atoms with E-state index in [1.807, 2.05) is 18.2 Å². The van der Waals surface area contributed by atoms with Gasteiger partial charge in [-0.25, -0.2) is 0 Å². The summed E-state index contributed by atoms with van der Waals surface area (Å²) in [4.78, 5) is 0. The first-order valence-corrected chi connectivity index (χ1v) is 12.7. The third kappa shape index (κ3) is 6.93. The van der Waals surface area contributed by atoms with Crippen LogP contribution in [0.25, 0.3) is 0 Å². The second kappa shape index (κ2) is 7.65. The zero-order valence-corrected chi connectivity index (χ0v) is 17.3. The van der Waals surface area contributed by atoms with E-state index in [0.717, 1.165) is 17.4 Å². The fourth-order valence-corrected chi connectivity index (χ4v) is 3.19. The van der Waals surface area contributed by atoms with Gasteiger partial charge in [0.25, 0.3) is 10.1 Å². The van der Waals surface area contributed by atoms with Crippen LogP contribution >= 0.6 is 11.6 Å². The fourth-order valence-electron chi connectivity index (χ4n) is 1.68. The lowest BCUT2D eigenvalue weighted by Crippen LogP contribution is -2.40. The van der Waals surface area contributed by atoms with Crippen LogP contribution in [0.2, 0.25) is 23.2 Å². The van der Waals surface area contributed by atoms with E-state index in [-0.39, 0.29) is 11.6 Å². The van der Waals surface area contributed by atoms with E-state index >= 15 is 0 Å². The maximum atomic E-state index is 11.0. The van der Waals surface area contributed by atoms with Crippen molar-refractivity contribution in [1.29, 1.82) is 0 Å². The molecule has 0 bridgehead atoms. The molecule has 1 aromatic carbocycles. The minimum Gasteiger partial charge on any atom is -0.413 e. The molecule has 0 unspecified atom stereocenters. The van der Waals surface area contributed by atoms with Crippen LogP contribution in [0.3, 0.4) is 0 Å². The second-order valence-electron chi connectivity index (χ2n) is 7.25. The predicted octanol–water partition coefficient (Wildman–Crippen LogP) is 4.38. The SMILES string of the molecule is CC(C)(C)[Si](C)(C)OCc1cc(CCOS(C)(=O)=O)ccc1Cl. The number of benzene rings is 1. The van der Waals surface area contributed by atoms with Crippen LogP contribution in [0.1, 0.15) is 31.9 Å². The lowest BCUT2D eigenvalue weighted by atomic mass is 10.1. The number of hydrogen-bond donors (Lipinski definition) is 0. The van der Waals surface area contributed by atoms with Gasteiger partial charge in [-0.2, -0.15) is 8.42 Å². The zero-order chi connectivity index (χ0) is 17.9. The Labute approximate surface area is 146 Å². The van der Waals surface area contributed by atoms with E-state index in [9.17, 15) is 8.42 Å². The smallest absolute Gasteiger partial charge is 0.264 e. The van der Waals surface area contributed by atoms with Gasteiger partial charge in [-0.15, -0.1) is 0 Å². The van der Waals surface area contributed by atoms with Crippen LogP contribution in [0.15, 0.2) is 18.2 Å². The van der Waals surface area contributed by atoms with Gasteiger partial charge in [0.15, 0.2) is 8.32 Å². The molecule has 1 rings (SSSR count). The van der Waals surface area contributed by atoms with Gasteiger partial charge in [0.1, 0.15) is 0 Å². The minimum atomic E-state index is -3.40. The Morgan fingerprint density at radius 3 is 2.35 bits per heavy atom. The molecule has 0 amide bonds. The summed E-state index contributed by atoms with van der Waals surface area (Å²) < 4.78 is 33.0. The van der Waals surface area contributed by atoms with E-state index in [1.54, 1.807) is 0 Å². The molecule has 7 heteroatoms. The lowest BCUT2D eigenvalue weighted by molar-refractivity contribution is 0.276. The molecule has 0 aliphatic rings. The van der Waals surface area contributed by atoms with Gasteiger partial charge in [0, 0.05) is 5.02 Å². The molecule has 0 atom stereocenters. The molecule has 0 aliphatic heterocycles. The van der Waals surface area contributed by atoms with Crippen molar-refractivity contribution in [2.24, 2.45) is 0 Å². The summed E-state index contributed by atoms with van der Waals surface area (Å²) in [6, 6.07) is 5.66. The first-order chi connectivity index (χ1) is 10.3. The summed E-state index contributed by atoms with van der Waals surface area (Å²) >= 11 is 6.25. The Bertz CT molecular complexity index is 636. The molecular formula is C16H27ClO4SSi. The summed E-state index contributed by atoms with van der Waals surface area (Å²) in [5.41, 5.74) is 1.90. The third-order valence-corrected chi connectivity index (χ3v) is 9.63. The highest BCUT2D eigenvalue weighted by Crippen LogP contribution is 2.37. The summed E-state index contributed by atoms with van der Waals surface area (Å²) in [6.07, 6.45) is 1.56. The molecule has 23 heavy (non-hydrogen) atoms. The van der Waals surface area contributed by atoms with Gasteiger partial charge in [-0.3, -0.25) is 4.18 Å². The molecule has 0 radical (unpaired) electrons. The molecule has 0 saturated heterocycles. The lowest BCUT2D eigenvalue weighted by Gasteiger charge is -2.36. The van der Waals surface area contributed by atoms with Gasteiger partial charge >= 0.3 is 0 Å². The summed E-state index contributed by atoms with van der Waals surface area (Å²) in [5, 5.41) is 0.803. The summed E-state index contributed by atoms with van der Waals surface area (Å²) in [7, 11) is -5.24. The zero-order valence-electron chi connectivity index (χ0n) is 14.8. The van der Waals surface area contributed by atoms with Crippen LogP contribution in [-0.4, -0.2) is 29.6 Å². The molecule has 0 aliphatic carbocycles. The Balaban J connectivity index is 2.75. The molecule has 0 fully saturated rings. The number of rotatable bonds is 7. The van der Waals surface area contributed by atoms with Crippen molar-refractivity contribution in [1.82, 2.24) is 0 Å². The van der Waals surface area contributed by atoms with Gasteiger partial charge in [0.05, 0.1) is 19.5 Å². The van der Waals surface area contributed by atoms with E-state index < -0.39 is 18.4 Å². The molecule has 4 nitrogen and oxygen atoms in total. The molecule has 0 saturated carbocycles. The first-order valence-electron chi connectivity index (χ1n) is 7.57. The molecule has 0 heterocycles. The Morgan fingerprint density at radius 1 is 1.22 bits per heavy atom. The average molecular weight is 379 g/mol. The van der Waals surface area contributed by atoms with Crippen molar-refractivity contribution in [2.75, 3.05) is 12.9 Å². The molecule has 132 valence electrons. The van der Waals surface area contributed by atoms with Crippen LogP contribution in [0, 0.1) is 0 Å². The van der Waals surface area contributed by atoms with Crippen molar-refractivity contribution in [3.05, 3.63) is 34.3 Å². The first kappa shape index (κ1) is 20.6. The van der Waals surface area contributed by atoms with E-state index in [1.165, 1.54) is 0 Å². The van der Waals surface area contributed by atoms with Crippen LogP contribution in [0.4, 0.5) is 0 Å². The van der Waals surface area contributed by atoms with E-state index in [2.05, 4.69) is 33.9 Å². The molecular weight excluding hydrogens is 352 g/mol. The summed E-state index contributed by atoms with van der Waals surface area (Å²) in [5.74, 6) is 0. The quantitative estimate of drug-likeness (QED) is 0.521. The van der Waals surface area contributed by atoms with Gasteiger partial charge in [-0.1, -0.05) is 44.5 Å². The number of hydrogen-bond acceptors (Lipinski definition) is 4. The molecule has 1 aromatic rings. The Hall–Kier alpha value is -0.403. The molecule has 0 N–H and O–H groups in total. The highest BCUT2D eigenvalue weighted by molar-refractivity contribution is 7.85. The van der Waals surface area contributed by atoms with E-state index in [0.29, 0.717) is 18.1 Å². The van der Waals surface area contributed by atoms with Crippen molar-refractivity contribution in [3.63, 3.8) is 0 Å². The predicted molar refractivity (Wildman–Crippen MR) is 97.9 cm³/mol. The van der Waals surface area contributed by atoms with Gasteiger partial charge in [0.2, 0.25) is 0 Å². The van der Waals surface area contributed by atoms with Crippen LogP contribution in [0.5, 0.6) is 0 Å². The normalized spacial score (nSPS) is 13.3. The van der Waals surface area contributed by atoms with Crippen LogP contribution < -0.4 is 0 Å². The summed E-state index contributed by atoms with van der Waals surface area (Å²) in [6.45, 7) is 11.6. The highest BCUT2D eigenvalue weighted by atomic mass is 35.5. The second-order valence-corrected chi connectivity index (χ2v) is 14.1. The van der Waals surface area contributed by atoms with Gasteiger partial charge < -0.3 is 4.43 Å². The maximum absolute atomic E-state index is 11.0. The van der Waals surface area contributed by atoms with Crippen molar-refractivity contribution in [3.8, 4) is 0 Å².